The minimum Gasteiger partial charge on any atom is -0.478 e. The van der Waals surface area contributed by atoms with E-state index in [9.17, 15) is 14.4 Å². The molecule has 0 aliphatic heterocycles. The maximum Gasteiger partial charge on any atom is 0.335 e. The summed E-state index contributed by atoms with van der Waals surface area (Å²) in [7, 11) is 0. The van der Waals surface area contributed by atoms with Crippen molar-refractivity contribution in [1.82, 2.24) is 9.55 Å². The molecule has 0 radical (unpaired) electrons. The number of halogens is 1. The minimum absolute atomic E-state index is 0.141. The van der Waals surface area contributed by atoms with Crippen LogP contribution in [0.25, 0.3) is 10.2 Å². The fourth-order valence-corrected chi connectivity index (χ4v) is 4.50. The van der Waals surface area contributed by atoms with Gasteiger partial charge in [-0.2, -0.15) is 0 Å². The fraction of sp³-hybridized carbons (Fsp3) is 0.125. The molecule has 2 aromatic heterocycles. The summed E-state index contributed by atoms with van der Waals surface area (Å²) in [5.41, 5.74) is 0.957. The zero-order valence-corrected chi connectivity index (χ0v) is 19.3. The summed E-state index contributed by atoms with van der Waals surface area (Å²) in [5, 5.41) is 9.46. The molecule has 0 fully saturated rings. The number of nitrogens with zero attached hydrogens (tertiary/aromatic N) is 1. The van der Waals surface area contributed by atoms with Crippen LogP contribution in [-0.2, 0) is 6.42 Å². The SMILES string of the molecule is CC(c1ccc(C(=O)O)cc1)n1c(=O)[nH]c2sc(C#CCc3ccc(Br)cc3)cc2c1=O. The van der Waals surface area contributed by atoms with Crippen molar-refractivity contribution in [3.8, 4) is 11.8 Å². The molecule has 2 aromatic carbocycles. The Morgan fingerprint density at radius 3 is 2.50 bits per heavy atom. The van der Waals surface area contributed by atoms with Crippen LogP contribution in [0.1, 0.15) is 39.3 Å². The third kappa shape index (κ3) is 4.44. The summed E-state index contributed by atoms with van der Waals surface area (Å²) >= 11 is 4.67. The van der Waals surface area contributed by atoms with E-state index in [0.29, 0.717) is 27.1 Å². The predicted molar refractivity (Wildman–Crippen MR) is 129 cm³/mol. The van der Waals surface area contributed by atoms with Gasteiger partial charge in [-0.1, -0.05) is 52.0 Å². The number of carbonyl (C=O) groups is 1. The number of thiophene rings is 1. The molecule has 0 aliphatic rings. The van der Waals surface area contributed by atoms with Crippen molar-refractivity contribution in [3.05, 3.63) is 101 Å². The lowest BCUT2D eigenvalue weighted by Gasteiger charge is -2.14. The van der Waals surface area contributed by atoms with Gasteiger partial charge >= 0.3 is 11.7 Å². The Morgan fingerprint density at radius 2 is 1.84 bits per heavy atom. The summed E-state index contributed by atoms with van der Waals surface area (Å²) in [5.74, 6) is 5.14. The smallest absolute Gasteiger partial charge is 0.335 e. The lowest BCUT2D eigenvalue weighted by molar-refractivity contribution is 0.0697. The van der Waals surface area contributed by atoms with Crippen molar-refractivity contribution in [2.24, 2.45) is 0 Å². The van der Waals surface area contributed by atoms with Gasteiger partial charge in [0.2, 0.25) is 0 Å². The van der Waals surface area contributed by atoms with Gasteiger partial charge in [0.15, 0.2) is 0 Å². The summed E-state index contributed by atoms with van der Waals surface area (Å²) in [6.45, 7) is 1.73. The fourth-order valence-electron chi connectivity index (χ4n) is 3.32. The molecule has 0 spiro atoms. The molecule has 4 rings (SSSR count). The van der Waals surface area contributed by atoms with Crippen LogP contribution in [0.4, 0.5) is 0 Å². The van der Waals surface area contributed by atoms with Crippen molar-refractivity contribution in [3.63, 3.8) is 0 Å². The molecule has 1 atom stereocenters. The van der Waals surface area contributed by atoms with Gasteiger partial charge in [0.05, 0.1) is 21.9 Å². The highest BCUT2D eigenvalue weighted by molar-refractivity contribution is 9.10. The van der Waals surface area contributed by atoms with Crippen LogP contribution in [0.15, 0.2) is 68.7 Å². The number of aromatic nitrogens is 2. The normalized spacial score (nSPS) is 11.7. The van der Waals surface area contributed by atoms with Crippen LogP contribution in [0.2, 0.25) is 0 Å². The number of hydrogen-bond acceptors (Lipinski definition) is 4. The number of carboxylic acids is 1. The number of aromatic carboxylic acids is 1. The molecular formula is C24H17BrN2O4S. The van der Waals surface area contributed by atoms with Gasteiger partial charge in [-0.3, -0.25) is 14.3 Å². The van der Waals surface area contributed by atoms with Crippen molar-refractivity contribution in [2.45, 2.75) is 19.4 Å². The molecule has 160 valence electrons. The van der Waals surface area contributed by atoms with Gasteiger partial charge in [0.1, 0.15) is 4.83 Å². The van der Waals surface area contributed by atoms with Crippen LogP contribution >= 0.6 is 27.3 Å². The van der Waals surface area contributed by atoms with E-state index < -0.39 is 23.3 Å². The molecule has 2 N–H and O–H groups in total. The Kier molecular flexibility index (Phi) is 6.12. The molecule has 0 aliphatic carbocycles. The maximum atomic E-state index is 13.1. The first-order chi connectivity index (χ1) is 15.3. The van der Waals surface area contributed by atoms with Crippen LogP contribution in [0.3, 0.4) is 0 Å². The van der Waals surface area contributed by atoms with Crippen molar-refractivity contribution in [1.29, 1.82) is 0 Å². The Bertz CT molecular complexity index is 1490. The van der Waals surface area contributed by atoms with Crippen LogP contribution in [0, 0.1) is 11.8 Å². The molecule has 0 saturated carbocycles. The van der Waals surface area contributed by atoms with E-state index in [4.69, 9.17) is 5.11 Å². The second-order valence-electron chi connectivity index (χ2n) is 7.17. The first-order valence-corrected chi connectivity index (χ1v) is 11.3. The van der Waals surface area contributed by atoms with Gasteiger partial charge in [0, 0.05) is 10.9 Å². The highest BCUT2D eigenvalue weighted by atomic mass is 79.9. The average molecular weight is 509 g/mol. The number of aromatic amines is 1. The predicted octanol–water partition coefficient (Wildman–Crippen LogP) is 4.42. The topological polar surface area (TPSA) is 92.2 Å². The van der Waals surface area contributed by atoms with Gasteiger partial charge in [0.25, 0.3) is 5.56 Å². The summed E-state index contributed by atoms with van der Waals surface area (Å²) in [4.78, 5) is 40.8. The number of H-pyrrole nitrogens is 1. The highest BCUT2D eigenvalue weighted by Gasteiger charge is 2.17. The lowest BCUT2D eigenvalue weighted by atomic mass is 10.1. The van der Waals surface area contributed by atoms with E-state index in [1.807, 2.05) is 24.3 Å². The molecule has 2 heterocycles. The van der Waals surface area contributed by atoms with Gasteiger partial charge in [-0.15, -0.1) is 11.3 Å². The van der Waals surface area contributed by atoms with E-state index in [1.165, 1.54) is 23.5 Å². The monoisotopic (exact) mass is 508 g/mol. The highest BCUT2D eigenvalue weighted by Crippen LogP contribution is 2.21. The number of fused-ring (bicyclic) bond motifs is 1. The number of nitrogens with one attached hydrogen (secondary N) is 1. The van der Waals surface area contributed by atoms with Crippen LogP contribution in [0.5, 0.6) is 0 Å². The lowest BCUT2D eigenvalue weighted by Crippen LogP contribution is -2.37. The molecular weight excluding hydrogens is 492 g/mol. The summed E-state index contributed by atoms with van der Waals surface area (Å²) in [6.07, 6.45) is 0.575. The molecule has 0 saturated heterocycles. The zero-order chi connectivity index (χ0) is 22.8. The minimum atomic E-state index is -1.03. The third-order valence-corrected chi connectivity index (χ3v) is 6.56. The number of hydrogen-bond donors (Lipinski definition) is 2. The van der Waals surface area contributed by atoms with Gasteiger partial charge in [-0.25, -0.2) is 9.59 Å². The zero-order valence-electron chi connectivity index (χ0n) is 16.9. The van der Waals surface area contributed by atoms with E-state index >= 15 is 0 Å². The first kappa shape index (κ1) is 21.8. The Morgan fingerprint density at radius 1 is 1.16 bits per heavy atom. The Balaban J connectivity index is 1.65. The van der Waals surface area contributed by atoms with E-state index in [1.54, 1.807) is 25.1 Å². The van der Waals surface area contributed by atoms with E-state index in [0.717, 1.165) is 14.6 Å². The number of rotatable bonds is 4. The molecule has 0 bridgehead atoms. The maximum absolute atomic E-state index is 13.1. The largest absolute Gasteiger partial charge is 0.478 e. The van der Waals surface area contributed by atoms with E-state index in [2.05, 4.69) is 32.8 Å². The van der Waals surface area contributed by atoms with Crippen molar-refractivity contribution in [2.75, 3.05) is 0 Å². The summed E-state index contributed by atoms with van der Waals surface area (Å²) < 4.78 is 2.15. The second kappa shape index (κ2) is 8.99. The molecule has 32 heavy (non-hydrogen) atoms. The molecule has 0 amide bonds. The van der Waals surface area contributed by atoms with Crippen molar-refractivity contribution < 1.29 is 9.90 Å². The molecule has 1 unspecified atom stereocenters. The Labute approximate surface area is 195 Å². The molecule has 8 heteroatoms. The Hall–Kier alpha value is -3.41. The van der Waals surface area contributed by atoms with E-state index in [-0.39, 0.29) is 5.56 Å². The summed E-state index contributed by atoms with van der Waals surface area (Å²) in [6, 6.07) is 15.2. The van der Waals surface area contributed by atoms with Gasteiger partial charge in [-0.05, 0) is 48.4 Å². The van der Waals surface area contributed by atoms with Crippen LogP contribution < -0.4 is 11.2 Å². The third-order valence-electron chi connectivity index (χ3n) is 5.07. The van der Waals surface area contributed by atoms with Gasteiger partial charge < -0.3 is 5.11 Å². The second-order valence-corrected chi connectivity index (χ2v) is 9.13. The molecule has 6 nitrogen and oxygen atoms in total. The molecule has 4 aromatic rings. The quantitative estimate of drug-likeness (QED) is 0.399. The average Bonchev–Trinajstić information content (AvgIpc) is 3.18. The number of carboxylic acid groups (broad SMARTS) is 1. The van der Waals surface area contributed by atoms with Crippen LogP contribution in [-0.4, -0.2) is 20.6 Å². The standard InChI is InChI=1S/C24H17BrN2O4S/c1-14(16-7-9-17(10-8-16)23(29)30)27-22(28)20-13-19(32-21(20)26-24(27)31)4-2-3-15-5-11-18(25)12-6-15/h5-14H,3H2,1H3,(H,26,31)(H,29,30). The van der Waals surface area contributed by atoms with Crippen molar-refractivity contribution >= 4 is 43.5 Å². The first-order valence-electron chi connectivity index (χ1n) is 9.68. The number of benzene rings is 2.